The predicted molar refractivity (Wildman–Crippen MR) is 56.2 cm³/mol. The average molecular weight is 246 g/mol. The zero-order chi connectivity index (χ0) is 11.8. The van der Waals surface area contributed by atoms with E-state index in [4.69, 9.17) is 11.6 Å². The molecule has 0 spiro atoms. The molecule has 0 bridgehead atoms. The van der Waals surface area contributed by atoms with Crippen LogP contribution < -0.4 is 0 Å². The van der Waals surface area contributed by atoms with Gasteiger partial charge in [0.2, 0.25) is 0 Å². The topological polar surface area (TPSA) is 15.8 Å². The van der Waals surface area contributed by atoms with Crippen molar-refractivity contribution in [2.75, 3.05) is 0 Å². The minimum absolute atomic E-state index is 0.398. The van der Waals surface area contributed by atoms with Crippen LogP contribution >= 0.6 is 11.6 Å². The van der Waals surface area contributed by atoms with Crippen molar-refractivity contribution in [3.8, 4) is 11.3 Å². The Morgan fingerprint density at radius 1 is 1.06 bits per heavy atom. The summed E-state index contributed by atoms with van der Waals surface area (Å²) in [5.74, 6) is 0. The number of H-pyrrole nitrogens is 1. The van der Waals surface area contributed by atoms with E-state index in [0.717, 1.165) is 6.07 Å². The summed E-state index contributed by atoms with van der Waals surface area (Å²) in [6.07, 6.45) is -4.35. The molecule has 0 fully saturated rings. The Labute approximate surface area is 94.9 Å². The molecule has 2 aromatic rings. The number of hydrogen-bond donors (Lipinski definition) is 1. The first-order chi connectivity index (χ1) is 7.47. The second-order valence-electron chi connectivity index (χ2n) is 3.29. The van der Waals surface area contributed by atoms with E-state index in [1.807, 2.05) is 0 Å². The lowest BCUT2D eigenvalue weighted by atomic mass is 10.2. The van der Waals surface area contributed by atoms with Crippen molar-refractivity contribution < 1.29 is 13.2 Å². The Bertz CT molecular complexity index is 502. The molecule has 0 aliphatic heterocycles. The molecular formula is C11H7ClF3N. The van der Waals surface area contributed by atoms with Gasteiger partial charge in [-0.2, -0.15) is 13.2 Å². The molecule has 0 aliphatic carbocycles. The number of aromatic nitrogens is 1. The highest BCUT2D eigenvalue weighted by Crippen LogP contribution is 2.31. The Kier molecular flexibility index (Phi) is 2.68. The molecule has 0 unspecified atom stereocenters. The molecule has 1 nitrogen and oxygen atoms in total. The molecule has 0 radical (unpaired) electrons. The third-order valence-corrected chi connectivity index (χ3v) is 2.36. The summed E-state index contributed by atoms with van der Waals surface area (Å²) in [5, 5.41) is 0.487. The first-order valence-electron chi connectivity index (χ1n) is 4.49. The summed E-state index contributed by atoms with van der Waals surface area (Å²) >= 11 is 5.76. The number of alkyl halides is 3. The van der Waals surface area contributed by atoms with E-state index in [0.29, 0.717) is 16.3 Å². The van der Waals surface area contributed by atoms with Crippen LogP contribution in [0, 0.1) is 0 Å². The normalized spacial score (nSPS) is 11.8. The van der Waals surface area contributed by atoms with Gasteiger partial charge in [0.05, 0.1) is 0 Å². The van der Waals surface area contributed by atoms with E-state index in [2.05, 4.69) is 4.98 Å². The number of benzene rings is 1. The number of hydrogen-bond acceptors (Lipinski definition) is 0. The van der Waals surface area contributed by atoms with Gasteiger partial charge in [-0.25, -0.2) is 0 Å². The van der Waals surface area contributed by atoms with Gasteiger partial charge in [0.1, 0.15) is 5.69 Å². The smallest absolute Gasteiger partial charge is 0.351 e. The summed E-state index contributed by atoms with van der Waals surface area (Å²) in [5.41, 5.74) is 0.264. The van der Waals surface area contributed by atoms with Gasteiger partial charge in [-0.15, -0.1) is 0 Å². The first kappa shape index (κ1) is 11.1. The SMILES string of the molecule is FC(F)(F)c1ccc(-c2cccc(Cl)c2)[nH]1. The van der Waals surface area contributed by atoms with Gasteiger partial charge in [0.25, 0.3) is 0 Å². The van der Waals surface area contributed by atoms with Crippen molar-refractivity contribution in [1.29, 1.82) is 0 Å². The molecule has 2 rings (SSSR count). The van der Waals surface area contributed by atoms with E-state index >= 15 is 0 Å². The van der Waals surface area contributed by atoms with E-state index in [-0.39, 0.29) is 0 Å². The fourth-order valence-corrected chi connectivity index (χ4v) is 1.58. The zero-order valence-corrected chi connectivity index (χ0v) is 8.73. The molecule has 1 N–H and O–H groups in total. The van der Waals surface area contributed by atoms with Crippen LogP contribution in [0.1, 0.15) is 5.69 Å². The summed E-state index contributed by atoms with van der Waals surface area (Å²) in [7, 11) is 0. The van der Waals surface area contributed by atoms with Gasteiger partial charge >= 0.3 is 6.18 Å². The molecule has 1 aromatic carbocycles. The lowest BCUT2D eigenvalue weighted by Gasteiger charge is -2.03. The van der Waals surface area contributed by atoms with Gasteiger partial charge in [0, 0.05) is 10.7 Å². The van der Waals surface area contributed by atoms with Crippen molar-refractivity contribution in [2.45, 2.75) is 6.18 Å². The Hall–Kier alpha value is -1.42. The highest BCUT2D eigenvalue weighted by molar-refractivity contribution is 6.30. The predicted octanol–water partition coefficient (Wildman–Crippen LogP) is 4.35. The van der Waals surface area contributed by atoms with Crippen LogP contribution in [0.25, 0.3) is 11.3 Å². The molecular weight excluding hydrogens is 239 g/mol. The summed E-state index contributed by atoms with van der Waals surface area (Å²) < 4.78 is 37.0. The number of aromatic amines is 1. The Morgan fingerprint density at radius 3 is 2.38 bits per heavy atom. The quantitative estimate of drug-likeness (QED) is 0.769. The molecule has 5 heteroatoms. The molecule has 0 saturated heterocycles. The lowest BCUT2D eigenvalue weighted by molar-refractivity contribution is -0.140. The molecule has 1 heterocycles. The van der Waals surface area contributed by atoms with Gasteiger partial charge < -0.3 is 4.98 Å². The number of halogens is 4. The van der Waals surface area contributed by atoms with Crippen molar-refractivity contribution in [3.05, 3.63) is 47.1 Å². The maximum atomic E-state index is 12.3. The standard InChI is InChI=1S/C11H7ClF3N/c12-8-3-1-2-7(6-8)9-4-5-10(16-9)11(13,14)15/h1-6,16H. The zero-order valence-electron chi connectivity index (χ0n) is 7.98. The van der Waals surface area contributed by atoms with Crippen LogP contribution in [-0.4, -0.2) is 4.98 Å². The lowest BCUT2D eigenvalue weighted by Crippen LogP contribution is -2.04. The third kappa shape index (κ3) is 2.22. The van der Waals surface area contributed by atoms with Crippen LogP contribution in [0.2, 0.25) is 5.02 Å². The number of rotatable bonds is 1. The van der Waals surface area contributed by atoms with Crippen LogP contribution in [0.15, 0.2) is 36.4 Å². The average Bonchev–Trinajstić information content (AvgIpc) is 2.65. The third-order valence-electron chi connectivity index (χ3n) is 2.13. The minimum atomic E-state index is -4.35. The van der Waals surface area contributed by atoms with Gasteiger partial charge in [0.15, 0.2) is 0 Å². The maximum absolute atomic E-state index is 12.3. The van der Waals surface area contributed by atoms with E-state index in [1.54, 1.807) is 24.3 Å². The highest BCUT2D eigenvalue weighted by atomic mass is 35.5. The second kappa shape index (κ2) is 3.87. The monoisotopic (exact) mass is 245 g/mol. The van der Waals surface area contributed by atoms with Crippen molar-refractivity contribution in [1.82, 2.24) is 4.98 Å². The molecule has 16 heavy (non-hydrogen) atoms. The van der Waals surface area contributed by atoms with Gasteiger partial charge in [-0.05, 0) is 29.8 Å². The van der Waals surface area contributed by atoms with Crippen LogP contribution in [0.5, 0.6) is 0 Å². The van der Waals surface area contributed by atoms with Crippen molar-refractivity contribution in [2.24, 2.45) is 0 Å². The van der Waals surface area contributed by atoms with E-state index in [9.17, 15) is 13.2 Å². The van der Waals surface area contributed by atoms with Crippen molar-refractivity contribution >= 4 is 11.6 Å². The summed E-state index contributed by atoms with van der Waals surface area (Å²) in [6, 6.07) is 9.04. The van der Waals surface area contributed by atoms with Crippen LogP contribution in [0.3, 0.4) is 0 Å². The molecule has 0 atom stereocenters. The van der Waals surface area contributed by atoms with Gasteiger partial charge in [-0.1, -0.05) is 23.7 Å². The largest absolute Gasteiger partial charge is 0.431 e. The highest BCUT2D eigenvalue weighted by Gasteiger charge is 2.32. The van der Waals surface area contributed by atoms with Gasteiger partial charge in [-0.3, -0.25) is 0 Å². The van der Waals surface area contributed by atoms with Crippen molar-refractivity contribution in [3.63, 3.8) is 0 Å². The second-order valence-corrected chi connectivity index (χ2v) is 3.73. The number of nitrogens with one attached hydrogen (secondary N) is 1. The van der Waals surface area contributed by atoms with Crippen LogP contribution in [0.4, 0.5) is 13.2 Å². The molecule has 0 aliphatic rings. The Balaban J connectivity index is 2.39. The molecule has 84 valence electrons. The maximum Gasteiger partial charge on any atom is 0.431 e. The summed E-state index contributed by atoms with van der Waals surface area (Å²) in [4.78, 5) is 2.31. The van der Waals surface area contributed by atoms with Crippen LogP contribution in [-0.2, 0) is 6.18 Å². The minimum Gasteiger partial charge on any atom is -0.351 e. The Morgan fingerprint density at radius 2 is 1.81 bits per heavy atom. The first-order valence-corrected chi connectivity index (χ1v) is 4.87. The van der Waals surface area contributed by atoms with E-state index in [1.165, 1.54) is 6.07 Å². The molecule has 0 saturated carbocycles. The fourth-order valence-electron chi connectivity index (χ4n) is 1.38. The molecule has 0 amide bonds. The fraction of sp³-hybridized carbons (Fsp3) is 0.0909. The molecule has 1 aromatic heterocycles. The summed E-state index contributed by atoms with van der Waals surface area (Å²) in [6.45, 7) is 0. The van der Waals surface area contributed by atoms with E-state index < -0.39 is 11.9 Å².